The van der Waals surface area contributed by atoms with E-state index in [0.717, 1.165) is 24.5 Å². The zero-order valence-corrected chi connectivity index (χ0v) is 16.3. The van der Waals surface area contributed by atoms with E-state index in [1.807, 2.05) is 0 Å². The summed E-state index contributed by atoms with van der Waals surface area (Å²) in [7, 11) is -3.67. The van der Waals surface area contributed by atoms with E-state index in [1.54, 1.807) is 20.8 Å². The lowest BCUT2D eigenvalue weighted by Gasteiger charge is -2.21. The molecule has 152 valence electrons. The van der Waals surface area contributed by atoms with Gasteiger partial charge in [0.25, 0.3) is 5.69 Å². The first kappa shape index (κ1) is 22.8. The summed E-state index contributed by atoms with van der Waals surface area (Å²) in [5, 5.41) is 33.9. The number of amides is 1. The van der Waals surface area contributed by atoms with Crippen LogP contribution < -0.4 is 5.32 Å². The monoisotopic (exact) mass is 404 g/mol. The molecule has 0 fully saturated rings. The van der Waals surface area contributed by atoms with Crippen LogP contribution in [0.2, 0.25) is 0 Å². The first-order chi connectivity index (χ1) is 12.2. The van der Waals surface area contributed by atoms with Crippen molar-refractivity contribution in [2.24, 2.45) is 0 Å². The van der Waals surface area contributed by atoms with Crippen molar-refractivity contribution in [3.8, 4) is 0 Å². The van der Waals surface area contributed by atoms with Gasteiger partial charge in [0.1, 0.15) is 11.7 Å². The fraction of sp³-hybridized carbons (Fsp3) is 0.562. The van der Waals surface area contributed by atoms with Gasteiger partial charge >= 0.3 is 6.09 Å². The molecule has 0 saturated heterocycles. The topological polar surface area (TPSA) is 156 Å². The van der Waals surface area contributed by atoms with E-state index in [1.165, 1.54) is 0 Å². The number of hydrogen-bond acceptors (Lipinski definition) is 8. The molecule has 2 atom stereocenters. The van der Waals surface area contributed by atoms with Crippen LogP contribution in [-0.2, 0) is 14.6 Å². The molecule has 1 aromatic carbocycles. The minimum atomic E-state index is -3.67. The number of hydrogen-bond donors (Lipinski definition) is 3. The quantitative estimate of drug-likeness (QED) is 0.453. The number of ether oxygens (including phenoxy) is 1. The summed E-state index contributed by atoms with van der Waals surface area (Å²) in [4.78, 5) is 21.6. The molecule has 11 heteroatoms. The second-order valence-corrected chi connectivity index (χ2v) is 9.00. The van der Waals surface area contributed by atoms with Crippen molar-refractivity contribution in [2.45, 2.75) is 49.9 Å². The van der Waals surface area contributed by atoms with Crippen molar-refractivity contribution in [1.82, 2.24) is 5.32 Å². The van der Waals surface area contributed by atoms with Gasteiger partial charge in [-0.15, -0.1) is 0 Å². The highest BCUT2D eigenvalue weighted by molar-refractivity contribution is 7.90. The van der Waals surface area contributed by atoms with Crippen LogP contribution in [0.15, 0.2) is 23.1 Å². The highest BCUT2D eigenvalue weighted by Gasteiger charge is 2.28. The standard InChI is InChI=1S/C16H24N2O8S/c1-16(2,3)26-15(21)17-8-7-13(19)14(20)11-6-5-10(27(4,24)25)9-12(11)18(22)23/h5-6,9,13-14,19-20H,7-8H2,1-4H3,(H,17,21). The van der Waals surface area contributed by atoms with Gasteiger partial charge in [-0.05, 0) is 39.3 Å². The Bertz CT molecular complexity index is 801. The van der Waals surface area contributed by atoms with Crippen molar-refractivity contribution < 1.29 is 33.1 Å². The number of alkyl carbamates (subject to hydrolysis) is 1. The van der Waals surface area contributed by atoms with Crippen LogP contribution >= 0.6 is 0 Å². The number of nitro benzene ring substituents is 1. The molecule has 10 nitrogen and oxygen atoms in total. The van der Waals surface area contributed by atoms with Crippen LogP contribution in [0, 0.1) is 10.1 Å². The maximum atomic E-state index is 11.5. The Labute approximate surface area is 157 Å². The SMILES string of the molecule is CC(C)(C)OC(=O)NCCC(O)C(O)c1ccc(S(C)(=O)=O)cc1[N+](=O)[O-]. The van der Waals surface area contributed by atoms with E-state index in [0.29, 0.717) is 0 Å². The number of nitrogens with zero attached hydrogens (tertiary/aromatic N) is 1. The van der Waals surface area contributed by atoms with E-state index in [4.69, 9.17) is 4.74 Å². The third kappa shape index (κ3) is 7.12. The molecule has 3 N–H and O–H groups in total. The summed E-state index contributed by atoms with van der Waals surface area (Å²) in [5.41, 5.74) is -1.54. The number of carbonyl (C=O) groups is 1. The lowest BCUT2D eigenvalue weighted by atomic mass is 10.0. The summed E-state index contributed by atoms with van der Waals surface area (Å²) in [6.07, 6.45) is -2.97. The molecule has 1 aromatic rings. The number of benzene rings is 1. The molecule has 0 aromatic heterocycles. The van der Waals surface area contributed by atoms with Crippen LogP contribution in [0.25, 0.3) is 0 Å². The zero-order chi connectivity index (χ0) is 21.0. The summed E-state index contributed by atoms with van der Waals surface area (Å²) in [6.45, 7) is 5.02. The lowest BCUT2D eigenvalue weighted by Crippen LogP contribution is -2.34. The first-order valence-electron chi connectivity index (χ1n) is 8.04. The van der Waals surface area contributed by atoms with Gasteiger partial charge in [-0.3, -0.25) is 10.1 Å². The number of sulfone groups is 1. The van der Waals surface area contributed by atoms with Crippen LogP contribution in [0.4, 0.5) is 10.5 Å². The fourth-order valence-electron chi connectivity index (χ4n) is 2.16. The van der Waals surface area contributed by atoms with Crippen molar-refractivity contribution in [3.05, 3.63) is 33.9 Å². The zero-order valence-electron chi connectivity index (χ0n) is 15.5. The molecule has 0 aliphatic carbocycles. The Morgan fingerprint density at radius 1 is 1.33 bits per heavy atom. The maximum Gasteiger partial charge on any atom is 0.407 e. The normalized spacial score (nSPS) is 14.3. The number of nitro groups is 1. The Morgan fingerprint density at radius 3 is 2.41 bits per heavy atom. The molecule has 0 bridgehead atoms. The lowest BCUT2D eigenvalue weighted by molar-refractivity contribution is -0.386. The number of rotatable bonds is 7. The first-order valence-corrected chi connectivity index (χ1v) is 9.93. The molecule has 1 rings (SSSR count). The number of carbonyl (C=O) groups excluding carboxylic acids is 1. The van der Waals surface area contributed by atoms with Crippen LogP contribution in [-0.4, -0.2) is 54.2 Å². The van der Waals surface area contributed by atoms with Gasteiger partial charge in [0.15, 0.2) is 9.84 Å². The molecule has 1 amide bonds. The van der Waals surface area contributed by atoms with E-state index in [-0.39, 0.29) is 23.4 Å². The van der Waals surface area contributed by atoms with Crippen LogP contribution in [0.5, 0.6) is 0 Å². The van der Waals surface area contributed by atoms with E-state index < -0.39 is 44.4 Å². The minimum Gasteiger partial charge on any atom is -0.444 e. The molecule has 0 radical (unpaired) electrons. The number of aliphatic hydroxyl groups is 2. The van der Waals surface area contributed by atoms with Crippen LogP contribution in [0.1, 0.15) is 38.9 Å². The van der Waals surface area contributed by atoms with Crippen LogP contribution in [0.3, 0.4) is 0 Å². The Morgan fingerprint density at radius 2 is 1.93 bits per heavy atom. The molecule has 2 unspecified atom stereocenters. The largest absolute Gasteiger partial charge is 0.444 e. The van der Waals surface area contributed by atoms with E-state index in [2.05, 4.69) is 5.32 Å². The average Bonchev–Trinajstić information content (AvgIpc) is 2.50. The van der Waals surface area contributed by atoms with Crippen molar-refractivity contribution in [2.75, 3.05) is 12.8 Å². The Hall–Kier alpha value is -2.24. The van der Waals surface area contributed by atoms with Crippen molar-refractivity contribution in [1.29, 1.82) is 0 Å². The summed E-state index contributed by atoms with van der Waals surface area (Å²) in [6, 6.07) is 3.04. The van der Waals surface area contributed by atoms with Crippen molar-refractivity contribution in [3.63, 3.8) is 0 Å². The smallest absolute Gasteiger partial charge is 0.407 e. The molecular weight excluding hydrogens is 380 g/mol. The predicted octanol–water partition coefficient (Wildman–Crippen LogP) is 1.31. The third-order valence-electron chi connectivity index (χ3n) is 3.42. The Balaban J connectivity index is 2.84. The molecule has 0 spiro atoms. The molecule has 0 aliphatic rings. The maximum absolute atomic E-state index is 11.5. The van der Waals surface area contributed by atoms with Gasteiger partial charge < -0.3 is 20.3 Å². The van der Waals surface area contributed by atoms with Gasteiger partial charge in [-0.2, -0.15) is 0 Å². The molecule has 0 aliphatic heterocycles. The van der Waals surface area contributed by atoms with Gasteiger partial charge in [-0.1, -0.05) is 0 Å². The average molecular weight is 404 g/mol. The van der Waals surface area contributed by atoms with Crippen molar-refractivity contribution >= 4 is 21.6 Å². The highest BCUT2D eigenvalue weighted by atomic mass is 32.2. The van der Waals surface area contributed by atoms with Gasteiger partial charge in [0.05, 0.1) is 21.5 Å². The predicted molar refractivity (Wildman–Crippen MR) is 96.0 cm³/mol. The summed E-state index contributed by atoms with van der Waals surface area (Å²) >= 11 is 0. The van der Waals surface area contributed by atoms with Gasteiger partial charge in [-0.25, -0.2) is 13.2 Å². The second-order valence-electron chi connectivity index (χ2n) is 6.98. The third-order valence-corrected chi connectivity index (χ3v) is 4.53. The Kier molecular flexibility index (Phi) is 7.29. The second kappa shape index (κ2) is 8.63. The highest BCUT2D eigenvalue weighted by Crippen LogP contribution is 2.30. The van der Waals surface area contributed by atoms with Gasteiger partial charge in [0.2, 0.25) is 0 Å². The minimum absolute atomic E-state index is 0.0393. The number of nitrogens with one attached hydrogen (secondary N) is 1. The molecule has 27 heavy (non-hydrogen) atoms. The summed E-state index contributed by atoms with van der Waals surface area (Å²) in [5.74, 6) is 0. The van der Waals surface area contributed by atoms with E-state index >= 15 is 0 Å². The molecular formula is C16H24N2O8S. The van der Waals surface area contributed by atoms with Gasteiger partial charge in [0, 0.05) is 18.9 Å². The fourth-order valence-corrected chi connectivity index (χ4v) is 2.80. The molecule has 0 saturated carbocycles. The molecule has 0 heterocycles. The summed E-state index contributed by atoms with van der Waals surface area (Å²) < 4.78 is 28.1. The number of aliphatic hydroxyl groups excluding tert-OH is 2. The van der Waals surface area contributed by atoms with E-state index in [9.17, 15) is 33.5 Å².